The third kappa shape index (κ3) is 3.18. The second-order valence-electron chi connectivity index (χ2n) is 4.40. The second kappa shape index (κ2) is 5.64. The molecule has 0 saturated heterocycles. The van der Waals surface area contributed by atoms with E-state index in [1.54, 1.807) is 0 Å². The van der Waals surface area contributed by atoms with Crippen LogP contribution in [-0.2, 0) is 0 Å². The fraction of sp³-hybridized carbons (Fsp3) is 0.200. The molecule has 0 heterocycles. The van der Waals surface area contributed by atoms with Crippen molar-refractivity contribution in [1.29, 1.82) is 0 Å². The van der Waals surface area contributed by atoms with E-state index in [9.17, 15) is 0 Å². The van der Waals surface area contributed by atoms with E-state index in [1.807, 2.05) is 49.4 Å². The van der Waals surface area contributed by atoms with Crippen LogP contribution in [-0.4, -0.2) is 0 Å². The Morgan fingerprint density at radius 3 is 2.56 bits per heavy atom. The van der Waals surface area contributed by atoms with Crippen LogP contribution in [0.4, 0.5) is 5.69 Å². The van der Waals surface area contributed by atoms with Gasteiger partial charge in [-0.25, -0.2) is 0 Å². The number of aryl methyl sites for hydroxylation is 1. The molecule has 0 saturated carbocycles. The molecule has 0 radical (unpaired) electrons. The fourth-order valence-corrected chi connectivity index (χ4v) is 2.21. The fourth-order valence-electron chi connectivity index (χ4n) is 1.84. The molecular formula is C15H15Cl2N. The maximum atomic E-state index is 6.17. The zero-order valence-corrected chi connectivity index (χ0v) is 11.9. The van der Waals surface area contributed by atoms with Gasteiger partial charge in [0.15, 0.2) is 0 Å². The zero-order valence-electron chi connectivity index (χ0n) is 10.4. The van der Waals surface area contributed by atoms with Crippen LogP contribution in [0.15, 0.2) is 42.5 Å². The summed E-state index contributed by atoms with van der Waals surface area (Å²) in [4.78, 5) is 0. The Morgan fingerprint density at radius 1 is 1.06 bits per heavy atom. The molecular weight excluding hydrogens is 265 g/mol. The van der Waals surface area contributed by atoms with Crippen LogP contribution < -0.4 is 5.32 Å². The van der Waals surface area contributed by atoms with Crippen molar-refractivity contribution in [2.24, 2.45) is 0 Å². The Labute approximate surface area is 118 Å². The molecule has 2 aromatic carbocycles. The first-order valence-electron chi connectivity index (χ1n) is 5.84. The van der Waals surface area contributed by atoms with Gasteiger partial charge in [-0.2, -0.15) is 0 Å². The predicted octanol–water partition coefficient (Wildman–Crippen LogP) is 5.47. The number of anilines is 1. The van der Waals surface area contributed by atoms with Gasteiger partial charge >= 0.3 is 0 Å². The van der Waals surface area contributed by atoms with E-state index >= 15 is 0 Å². The molecule has 0 fully saturated rings. The summed E-state index contributed by atoms with van der Waals surface area (Å²) >= 11 is 12.2. The molecule has 1 nitrogen and oxygen atoms in total. The molecule has 0 aromatic heterocycles. The van der Waals surface area contributed by atoms with Crippen molar-refractivity contribution in [2.75, 3.05) is 5.32 Å². The van der Waals surface area contributed by atoms with Gasteiger partial charge in [0.05, 0.1) is 10.7 Å². The number of nitrogens with one attached hydrogen (secondary N) is 1. The number of hydrogen-bond acceptors (Lipinski definition) is 1. The van der Waals surface area contributed by atoms with E-state index in [4.69, 9.17) is 23.2 Å². The summed E-state index contributed by atoms with van der Waals surface area (Å²) in [6, 6.07) is 13.9. The summed E-state index contributed by atoms with van der Waals surface area (Å²) in [7, 11) is 0. The smallest absolute Gasteiger partial charge is 0.0637 e. The molecule has 1 N–H and O–H groups in total. The molecule has 2 aromatic rings. The van der Waals surface area contributed by atoms with Gasteiger partial charge in [-0.05, 0) is 49.2 Å². The quantitative estimate of drug-likeness (QED) is 0.785. The van der Waals surface area contributed by atoms with Crippen molar-refractivity contribution in [2.45, 2.75) is 19.9 Å². The molecule has 1 unspecified atom stereocenters. The van der Waals surface area contributed by atoms with Crippen LogP contribution in [0.2, 0.25) is 10.0 Å². The Balaban J connectivity index is 2.21. The molecule has 0 bridgehead atoms. The van der Waals surface area contributed by atoms with Crippen LogP contribution in [0.25, 0.3) is 0 Å². The standard InChI is InChI=1S/C15H15Cl2N/c1-10-6-7-14(17)15(8-10)18-11(2)12-4-3-5-13(16)9-12/h3-9,11,18H,1-2H3. The average molecular weight is 280 g/mol. The van der Waals surface area contributed by atoms with Crippen molar-refractivity contribution in [3.05, 3.63) is 63.6 Å². The van der Waals surface area contributed by atoms with Gasteiger partial charge < -0.3 is 5.32 Å². The minimum absolute atomic E-state index is 0.156. The third-order valence-corrected chi connectivity index (χ3v) is 3.41. The van der Waals surface area contributed by atoms with Crippen molar-refractivity contribution in [3.63, 3.8) is 0 Å². The van der Waals surface area contributed by atoms with Crippen molar-refractivity contribution >= 4 is 28.9 Å². The van der Waals surface area contributed by atoms with E-state index < -0.39 is 0 Å². The molecule has 18 heavy (non-hydrogen) atoms. The van der Waals surface area contributed by atoms with E-state index in [0.717, 1.165) is 21.3 Å². The highest BCUT2D eigenvalue weighted by molar-refractivity contribution is 6.33. The molecule has 0 amide bonds. The largest absolute Gasteiger partial charge is 0.377 e. The molecule has 0 aliphatic carbocycles. The highest BCUT2D eigenvalue weighted by Gasteiger charge is 2.08. The highest BCUT2D eigenvalue weighted by Crippen LogP contribution is 2.27. The summed E-state index contributed by atoms with van der Waals surface area (Å²) in [6.45, 7) is 4.13. The maximum Gasteiger partial charge on any atom is 0.0637 e. The Bertz CT molecular complexity index is 552. The first kappa shape index (κ1) is 13.3. The third-order valence-electron chi connectivity index (χ3n) is 2.84. The van der Waals surface area contributed by atoms with Crippen LogP contribution in [0.1, 0.15) is 24.1 Å². The van der Waals surface area contributed by atoms with Crippen molar-refractivity contribution < 1.29 is 0 Å². The Morgan fingerprint density at radius 2 is 1.83 bits per heavy atom. The van der Waals surface area contributed by atoms with Gasteiger partial charge in [-0.3, -0.25) is 0 Å². The van der Waals surface area contributed by atoms with Gasteiger partial charge in [0.2, 0.25) is 0 Å². The SMILES string of the molecule is Cc1ccc(Cl)c(NC(C)c2cccc(Cl)c2)c1. The van der Waals surface area contributed by atoms with Crippen molar-refractivity contribution in [1.82, 2.24) is 0 Å². The zero-order chi connectivity index (χ0) is 13.1. The monoisotopic (exact) mass is 279 g/mol. The number of hydrogen-bond donors (Lipinski definition) is 1. The van der Waals surface area contributed by atoms with Crippen LogP contribution in [0.3, 0.4) is 0 Å². The van der Waals surface area contributed by atoms with Crippen molar-refractivity contribution in [3.8, 4) is 0 Å². The first-order chi connectivity index (χ1) is 8.56. The van der Waals surface area contributed by atoms with Gasteiger partial charge in [0, 0.05) is 11.1 Å². The lowest BCUT2D eigenvalue weighted by atomic mass is 10.1. The van der Waals surface area contributed by atoms with Crippen LogP contribution in [0.5, 0.6) is 0 Å². The van der Waals surface area contributed by atoms with E-state index in [-0.39, 0.29) is 6.04 Å². The van der Waals surface area contributed by atoms with Gasteiger partial charge in [-0.15, -0.1) is 0 Å². The molecule has 2 rings (SSSR count). The molecule has 0 aliphatic rings. The molecule has 3 heteroatoms. The van der Waals surface area contributed by atoms with Gasteiger partial charge in [0.25, 0.3) is 0 Å². The number of benzene rings is 2. The van der Waals surface area contributed by atoms with E-state index in [0.29, 0.717) is 0 Å². The lowest BCUT2D eigenvalue weighted by Crippen LogP contribution is -2.07. The Hall–Kier alpha value is -1.18. The molecule has 1 atom stereocenters. The summed E-state index contributed by atoms with van der Waals surface area (Å²) in [5, 5.41) is 4.88. The second-order valence-corrected chi connectivity index (χ2v) is 5.25. The number of halogens is 2. The predicted molar refractivity (Wildman–Crippen MR) is 79.7 cm³/mol. The first-order valence-corrected chi connectivity index (χ1v) is 6.60. The highest BCUT2D eigenvalue weighted by atomic mass is 35.5. The van der Waals surface area contributed by atoms with E-state index in [2.05, 4.69) is 12.2 Å². The van der Waals surface area contributed by atoms with Gasteiger partial charge in [0.1, 0.15) is 0 Å². The topological polar surface area (TPSA) is 12.0 Å². The van der Waals surface area contributed by atoms with Gasteiger partial charge in [-0.1, -0.05) is 41.4 Å². The lowest BCUT2D eigenvalue weighted by molar-refractivity contribution is 0.884. The summed E-state index contributed by atoms with van der Waals surface area (Å²) in [5.74, 6) is 0. The summed E-state index contributed by atoms with van der Waals surface area (Å²) in [5.41, 5.74) is 3.27. The van der Waals surface area contributed by atoms with Crippen LogP contribution >= 0.6 is 23.2 Å². The number of rotatable bonds is 3. The molecule has 94 valence electrons. The molecule has 0 spiro atoms. The minimum Gasteiger partial charge on any atom is -0.377 e. The minimum atomic E-state index is 0.156. The normalized spacial score (nSPS) is 12.2. The average Bonchev–Trinajstić information content (AvgIpc) is 2.34. The molecule has 0 aliphatic heterocycles. The Kier molecular flexibility index (Phi) is 4.15. The van der Waals surface area contributed by atoms with Crippen LogP contribution in [0, 0.1) is 6.92 Å². The lowest BCUT2D eigenvalue weighted by Gasteiger charge is -2.17. The van der Waals surface area contributed by atoms with E-state index in [1.165, 1.54) is 5.56 Å². The maximum absolute atomic E-state index is 6.17. The summed E-state index contributed by atoms with van der Waals surface area (Å²) < 4.78 is 0. The summed E-state index contributed by atoms with van der Waals surface area (Å²) in [6.07, 6.45) is 0.